The summed E-state index contributed by atoms with van der Waals surface area (Å²) in [6.45, 7) is 0. The number of rotatable bonds is 5. The monoisotopic (exact) mass is 341 g/mol. The molecule has 0 atom stereocenters. The highest BCUT2D eigenvalue weighted by Crippen LogP contribution is 2.29. The predicted octanol–water partition coefficient (Wildman–Crippen LogP) is 2.36. The molecule has 0 bridgehead atoms. The molecule has 2 aromatic carbocycles. The highest BCUT2D eigenvalue weighted by molar-refractivity contribution is 5.91. The molecule has 1 aromatic heterocycles. The first kappa shape index (κ1) is 16.3. The fraction of sp³-hybridized carbons (Fsp3) is 0.118. The molecule has 3 aromatic rings. The number of hydrogen-bond acceptors (Lipinski definition) is 6. The molecule has 128 valence electrons. The lowest BCUT2D eigenvalue weighted by Gasteiger charge is -2.06. The van der Waals surface area contributed by atoms with Gasteiger partial charge in [-0.1, -0.05) is 5.21 Å². The summed E-state index contributed by atoms with van der Waals surface area (Å²) in [6, 6.07) is 9.49. The van der Waals surface area contributed by atoms with Gasteiger partial charge in [0, 0.05) is 11.6 Å². The first-order valence-corrected chi connectivity index (χ1v) is 7.24. The average Bonchev–Trinajstić information content (AvgIpc) is 3.11. The van der Waals surface area contributed by atoms with E-state index >= 15 is 0 Å². The molecule has 0 saturated carbocycles. The van der Waals surface area contributed by atoms with Gasteiger partial charge in [0.1, 0.15) is 28.5 Å². The van der Waals surface area contributed by atoms with Crippen molar-refractivity contribution in [2.45, 2.75) is 0 Å². The molecule has 25 heavy (non-hydrogen) atoms. The molecule has 0 radical (unpaired) electrons. The summed E-state index contributed by atoms with van der Waals surface area (Å²) in [7, 11) is 3.11. The van der Waals surface area contributed by atoms with Crippen LogP contribution < -0.4 is 9.47 Å². The van der Waals surface area contributed by atoms with Crippen LogP contribution in [0.25, 0.3) is 16.9 Å². The Kier molecular flexibility index (Phi) is 4.25. The Bertz CT molecular complexity index is 914. The normalized spacial score (nSPS) is 10.5. The smallest absolute Gasteiger partial charge is 0.339 e. The predicted molar refractivity (Wildman–Crippen MR) is 88.5 cm³/mol. The first-order valence-electron chi connectivity index (χ1n) is 7.24. The maximum Gasteiger partial charge on any atom is 0.339 e. The number of phenols is 1. The van der Waals surface area contributed by atoms with Crippen LogP contribution in [-0.2, 0) is 0 Å². The summed E-state index contributed by atoms with van der Waals surface area (Å²) in [5, 5.41) is 26.8. The van der Waals surface area contributed by atoms with E-state index in [1.165, 1.54) is 16.8 Å². The zero-order valence-electron chi connectivity index (χ0n) is 13.5. The third-order valence-corrected chi connectivity index (χ3v) is 3.62. The Balaban J connectivity index is 2.01. The fourth-order valence-electron chi connectivity index (χ4n) is 2.32. The molecule has 0 amide bonds. The van der Waals surface area contributed by atoms with E-state index in [-0.39, 0.29) is 11.3 Å². The average molecular weight is 341 g/mol. The van der Waals surface area contributed by atoms with Crippen molar-refractivity contribution in [2.75, 3.05) is 14.2 Å². The molecule has 0 unspecified atom stereocenters. The zero-order chi connectivity index (χ0) is 18.0. The Labute approximate surface area is 142 Å². The summed E-state index contributed by atoms with van der Waals surface area (Å²) >= 11 is 0. The van der Waals surface area contributed by atoms with Gasteiger partial charge in [0.2, 0.25) is 0 Å². The minimum Gasteiger partial charge on any atom is -0.507 e. The lowest BCUT2D eigenvalue weighted by atomic mass is 10.1. The van der Waals surface area contributed by atoms with Crippen LogP contribution >= 0.6 is 0 Å². The SMILES string of the molecule is COc1cc(OC)cc(-c2cn(-c3ccc(O)c(C(=O)O)c3)nn2)c1. The lowest BCUT2D eigenvalue weighted by molar-refractivity contribution is 0.0693. The molecule has 8 heteroatoms. The first-order chi connectivity index (χ1) is 12.0. The van der Waals surface area contributed by atoms with E-state index in [0.29, 0.717) is 22.9 Å². The molecule has 8 nitrogen and oxygen atoms in total. The van der Waals surface area contributed by atoms with E-state index in [1.807, 2.05) is 0 Å². The van der Waals surface area contributed by atoms with Gasteiger partial charge in [0.05, 0.1) is 26.1 Å². The third-order valence-electron chi connectivity index (χ3n) is 3.62. The molecule has 3 rings (SSSR count). The van der Waals surface area contributed by atoms with Crippen LogP contribution in [0.2, 0.25) is 0 Å². The van der Waals surface area contributed by atoms with Gasteiger partial charge in [-0.3, -0.25) is 0 Å². The number of hydrogen-bond donors (Lipinski definition) is 2. The van der Waals surface area contributed by atoms with Crippen LogP contribution in [-0.4, -0.2) is 45.4 Å². The number of aromatic carboxylic acids is 1. The minimum atomic E-state index is -1.22. The third kappa shape index (κ3) is 3.23. The Morgan fingerprint density at radius 1 is 1.08 bits per heavy atom. The molecular formula is C17H15N3O5. The molecule has 0 fully saturated rings. The summed E-state index contributed by atoms with van der Waals surface area (Å²) < 4.78 is 11.9. The van der Waals surface area contributed by atoms with Crippen LogP contribution in [0.1, 0.15) is 10.4 Å². The van der Waals surface area contributed by atoms with E-state index < -0.39 is 5.97 Å². The highest BCUT2D eigenvalue weighted by atomic mass is 16.5. The maximum atomic E-state index is 11.1. The number of methoxy groups -OCH3 is 2. The number of benzene rings is 2. The van der Waals surface area contributed by atoms with E-state index in [4.69, 9.17) is 14.6 Å². The van der Waals surface area contributed by atoms with Gasteiger partial charge in [-0.15, -0.1) is 5.10 Å². The summed E-state index contributed by atoms with van der Waals surface area (Å²) in [6.07, 6.45) is 1.65. The van der Waals surface area contributed by atoms with Crippen molar-refractivity contribution < 1.29 is 24.5 Å². The molecule has 0 aliphatic carbocycles. The Morgan fingerprint density at radius 2 is 1.76 bits per heavy atom. The zero-order valence-corrected chi connectivity index (χ0v) is 13.5. The Morgan fingerprint density at radius 3 is 2.36 bits per heavy atom. The standard InChI is InChI=1S/C17H15N3O5/c1-24-12-5-10(6-13(8-12)25-2)15-9-20(19-18-15)11-3-4-16(21)14(7-11)17(22)23/h3-9,21H,1-2H3,(H,22,23). The van der Waals surface area contributed by atoms with Crippen LogP contribution in [0.3, 0.4) is 0 Å². The van der Waals surface area contributed by atoms with E-state index in [2.05, 4.69) is 10.3 Å². The van der Waals surface area contributed by atoms with Crippen LogP contribution in [0, 0.1) is 0 Å². The van der Waals surface area contributed by atoms with Gasteiger partial charge in [0.15, 0.2) is 0 Å². The topological polar surface area (TPSA) is 107 Å². The fourth-order valence-corrected chi connectivity index (χ4v) is 2.32. The number of aromatic nitrogens is 3. The molecular weight excluding hydrogens is 326 g/mol. The van der Waals surface area contributed by atoms with Gasteiger partial charge in [0.25, 0.3) is 0 Å². The van der Waals surface area contributed by atoms with Crippen molar-refractivity contribution in [3.63, 3.8) is 0 Å². The summed E-state index contributed by atoms with van der Waals surface area (Å²) in [5.74, 6) is -0.310. The van der Waals surface area contributed by atoms with Crippen LogP contribution in [0.15, 0.2) is 42.6 Å². The number of carboxylic acid groups (broad SMARTS) is 1. The number of aromatic hydroxyl groups is 1. The van der Waals surface area contributed by atoms with Crippen LogP contribution in [0.5, 0.6) is 17.2 Å². The second kappa shape index (κ2) is 6.52. The number of carboxylic acids is 1. The van der Waals surface area contributed by atoms with Crippen molar-refractivity contribution in [2.24, 2.45) is 0 Å². The Hall–Kier alpha value is -3.55. The molecule has 0 saturated heterocycles. The minimum absolute atomic E-state index is 0.211. The van der Waals surface area contributed by atoms with Crippen molar-refractivity contribution in [1.29, 1.82) is 0 Å². The summed E-state index contributed by atoms with van der Waals surface area (Å²) in [5.41, 5.74) is 1.54. The molecule has 0 aliphatic rings. The number of nitrogens with zero attached hydrogens (tertiary/aromatic N) is 3. The van der Waals surface area contributed by atoms with Crippen molar-refractivity contribution in [3.8, 4) is 34.2 Å². The second-order valence-corrected chi connectivity index (χ2v) is 5.16. The van der Waals surface area contributed by atoms with Gasteiger partial charge in [-0.25, -0.2) is 9.48 Å². The van der Waals surface area contributed by atoms with Crippen molar-refractivity contribution in [1.82, 2.24) is 15.0 Å². The van der Waals surface area contributed by atoms with Gasteiger partial charge >= 0.3 is 5.97 Å². The van der Waals surface area contributed by atoms with E-state index in [1.54, 1.807) is 44.7 Å². The molecule has 0 spiro atoms. The van der Waals surface area contributed by atoms with Gasteiger partial charge < -0.3 is 19.7 Å². The molecule has 2 N–H and O–H groups in total. The molecule has 1 heterocycles. The molecule has 0 aliphatic heterocycles. The van der Waals surface area contributed by atoms with Gasteiger partial charge in [-0.2, -0.15) is 0 Å². The highest BCUT2D eigenvalue weighted by Gasteiger charge is 2.13. The van der Waals surface area contributed by atoms with Crippen molar-refractivity contribution in [3.05, 3.63) is 48.2 Å². The number of carbonyl (C=O) groups is 1. The van der Waals surface area contributed by atoms with E-state index in [9.17, 15) is 9.90 Å². The van der Waals surface area contributed by atoms with E-state index in [0.717, 1.165) is 5.56 Å². The largest absolute Gasteiger partial charge is 0.507 e. The quantitative estimate of drug-likeness (QED) is 0.733. The van der Waals surface area contributed by atoms with Gasteiger partial charge in [-0.05, 0) is 30.3 Å². The lowest BCUT2D eigenvalue weighted by Crippen LogP contribution is -2.01. The second-order valence-electron chi connectivity index (χ2n) is 5.16. The number of ether oxygens (including phenoxy) is 2. The van der Waals surface area contributed by atoms with Crippen LogP contribution in [0.4, 0.5) is 0 Å². The summed E-state index contributed by atoms with van der Waals surface area (Å²) in [4.78, 5) is 11.1. The maximum absolute atomic E-state index is 11.1. The van der Waals surface area contributed by atoms with Crippen molar-refractivity contribution >= 4 is 5.97 Å².